The number of likely N-dealkylation sites (tertiary alicyclic amines) is 1. The van der Waals surface area contributed by atoms with Crippen LogP contribution in [0.1, 0.15) is 51.9 Å². The zero-order chi connectivity index (χ0) is 18.1. The lowest BCUT2D eigenvalue weighted by Crippen LogP contribution is -2.47. The number of carbonyl (C=O) groups excluding carboxylic acids is 1. The van der Waals surface area contributed by atoms with Crippen LogP contribution in [0.25, 0.3) is 0 Å². The highest BCUT2D eigenvalue weighted by Gasteiger charge is 2.36. The number of nitrogens with zero attached hydrogens (tertiary/aromatic N) is 2. The number of methoxy groups -OCH3 is 1. The third kappa shape index (κ3) is 5.87. The molecule has 1 amide bonds. The van der Waals surface area contributed by atoms with Crippen LogP contribution in [-0.4, -0.2) is 63.7 Å². The third-order valence-electron chi connectivity index (χ3n) is 5.82. The largest absolute Gasteiger partial charge is 0.385 e. The molecule has 0 unspecified atom stereocenters. The second kappa shape index (κ2) is 10.00. The molecule has 1 heterocycles. The molecule has 1 aliphatic carbocycles. The van der Waals surface area contributed by atoms with E-state index in [1.165, 1.54) is 19.3 Å². The molecule has 1 saturated heterocycles. The van der Waals surface area contributed by atoms with Gasteiger partial charge >= 0.3 is 0 Å². The van der Waals surface area contributed by atoms with Gasteiger partial charge in [-0.05, 0) is 50.4 Å². The molecule has 0 atom stereocenters. The molecule has 2 N–H and O–H groups in total. The lowest BCUT2D eigenvalue weighted by atomic mass is 9.67. The summed E-state index contributed by atoms with van der Waals surface area (Å²) in [4.78, 5) is 18.9. The molecule has 0 radical (unpaired) electrons. The van der Waals surface area contributed by atoms with Crippen LogP contribution in [0.3, 0.4) is 0 Å². The van der Waals surface area contributed by atoms with Gasteiger partial charge in [-0.25, -0.2) is 0 Å². The van der Waals surface area contributed by atoms with Crippen molar-refractivity contribution < 1.29 is 9.53 Å². The van der Waals surface area contributed by atoms with Crippen LogP contribution in [0.2, 0.25) is 0 Å². The summed E-state index contributed by atoms with van der Waals surface area (Å²) < 4.78 is 5.29. The van der Waals surface area contributed by atoms with Crippen LogP contribution in [0.4, 0.5) is 0 Å². The Morgan fingerprint density at radius 3 is 2.56 bits per heavy atom. The molecule has 0 bridgehead atoms. The fraction of sp³-hybridized carbons (Fsp3) is 0.895. The summed E-state index contributed by atoms with van der Waals surface area (Å²) in [6.07, 6.45) is 7.75. The van der Waals surface area contributed by atoms with Crippen molar-refractivity contribution in [2.45, 2.75) is 51.9 Å². The van der Waals surface area contributed by atoms with E-state index in [1.807, 2.05) is 0 Å². The van der Waals surface area contributed by atoms with Gasteiger partial charge in [-0.3, -0.25) is 9.79 Å². The molecule has 1 aliphatic heterocycles. The standard InChI is InChI=1S/C19H36N4O2/c1-4-21-18(22-15-19(8-5-9-19)10-13-25-3)23-11-6-16(7-12-23)14-17(24)20-2/h16H,4-15H2,1-3H3,(H,20,24)(H,21,22). The number of guanidine groups is 1. The van der Waals surface area contributed by atoms with Crippen LogP contribution in [0.5, 0.6) is 0 Å². The lowest BCUT2D eigenvalue weighted by Gasteiger charge is -2.41. The molecular formula is C19H36N4O2. The molecule has 0 aromatic heterocycles. The maximum Gasteiger partial charge on any atom is 0.220 e. The Hall–Kier alpha value is -1.30. The number of nitrogens with one attached hydrogen (secondary N) is 2. The Kier molecular flexibility index (Phi) is 8.00. The highest BCUT2D eigenvalue weighted by molar-refractivity contribution is 5.80. The van der Waals surface area contributed by atoms with Crippen LogP contribution in [-0.2, 0) is 9.53 Å². The Morgan fingerprint density at radius 1 is 1.32 bits per heavy atom. The van der Waals surface area contributed by atoms with Gasteiger partial charge in [0.15, 0.2) is 5.96 Å². The molecule has 25 heavy (non-hydrogen) atoms. The van der Waals surface area contributed by atoms with Gasteiger partial charge in [0.2, 0.25) is 5.91 Å². The first-order valence-corrected chi connectivity index (χ1v) is 9.85. The first-order valence-electron chi connectivity index (χ1n) is 9.85. The predicted octanol–water partition coefficient (Wildman–Crippen LogP) is 2.01. The van der Waals surface area contributed by atoms with Gasteiger partial charge in [-0.2, -0.15) is 0 Å². The van der Waals surface area contributed by atoms with Crippen LogP contribution in [0, 0.1) is 11.3 Å². The molecule has 6 heteroatoms. The molecule has 0 aromatic rings. The molecule has 1 saturated carbocycles. The van der Waals surface area contributed by atoms with Gasteiger partial charge in [0.25, 0.3) is 0 Å². The van der Waals surface area contributed by atoms with Gasteiger partial charge in [0.05, 0.1) is 0 Å². The van der Waals surface area contributed by atoms with E-state index in [1.54, 1.807) is 14.2 Å². The van der Waals surface area contributed by atoms with Gasteiger partial charge in [0, 0.05) is 53.4 Å². The molecule has 6 nitrogen and oxygen atoms in total. The topological polar surface area (TPSA) is 66.0 Å². The van der Waals surface area contributed by atoms with Crippen molar-refractivity contribution in [1.82, 2.24) is 15.5 Å². The monoisotopic (exact) mass is 352 g/mol. The Bertz CT molecular complexity index is 441. The molecule has 0 spiro atoms. The van der Waals surface area contributed by atoms with Crippen molar-refractivity contribution in [3.8, 4) is 0 Å². The first-order chi connectivity index (χ1) is 12.1. The van der Waals surface area contributed by atoms with Crippen LogP contribution in [0.15, 0.2) is 4.99 Å². The van der Waals surface area contributed by atoms with E-state index >= 15 is 0 Å². The summed E-state index contributed by atoms with van der Waals surface area (Å²) in [5, 5.41) is 6.20. The smallest absolute Gasteiger partial charge is 0.220 e. The van der Waals surface area contributed by atoms with Crippen molar-refractivity contribution in [3.63, 3.8) is 0 Å². The fourth-order valence-corrected chi connectivity index (χ4v) is 3.86. The van der Waals surface area contributed by atoms with Gasteiger partial charge in [-0.1, -0.05) is 6.42 Å². The lowest BCUT2D eigenvalue weighted by molar-refractivity contribution is -0.121. The molecular weight excluding hydrogens is 316 g/mol. The highest BCUT2D eigenvalue weighted by atomic mass is 16.5. The van der Waals surface area contributed by atoms with Crippen LogP contribution >= 0.6 is 0 Å². The summed E-state index contributed by atoms with van der Waals surface area (Å²) in [6.45, 7) is 6.71. The summed E-state index contributed by atoms with van der Waals surface area (Å²) in [6, 6.07) is 0. The second-order valence-corrected chi connectivity index (χ2v) is 7.57. The minimum absolute atomic E-state index is 0.157. The Morgan fingerprint density at radius 2 is 2.04 bits per heavy atom. The van der Waals surface area contributed by atoms with Crippen molar-refractivity contribution in [1.29, 1.82) is 0 Å². The van der Waals surface area contributed by atoms with Crippen molar-refractivity contribution in [2.24, 2.45) is 16.3 Å². The maximum absolute atomic E-state index is 11.6. The van der Waals surface area contributed by atoms with Crippen molar-refractivity contribution in [2.75, 3.05) is 46.9 Å². The number of carbonyl (C=O) groups is 1. The minimum atomic E-state index is 0.157. The number of amides is 1. The average Bonchev–Trinajstić information content (AvgIpc) is 2.60. The fourth-order valence-electron chi connectivity index (χ4n) is 3.86. The Labute approximate surface area is 152 Å². The van der Waals surface area contributed by atoms with E-state index in [4.69, 9.17) is 9.73 Å². The van der Waals surface area contributed by atoms with E-state index < -0.39 is 0 Å². The molecule has 0 aromatic carbocycles. The predicted molar refractivity (Wildman–Crippen MR) is 102 cm³/mol. The van der Waals surface area contributed by atoms with Gasteiger partial charge in [0.1, 0.15) is 0 Å². The van der Waals surface area contributed by atoms with Crippen LogP contribution < -0.4 is 10.6 Å². The third-order valence-corrected chi connectivity index (χ3v) is 5.82. The number of piperidine rings is 1. The normalized spacial score (nSPS) is 20.9. The molecule has 144 valence electrons. The van der Waals surface area contributed by atoms with Gasteiger partial charge < -0.3 is 20.3 Å². The molecule has 2 rings (SSSR count). The second-order valence-electron chi connectivity index (χ2n) is 7.57. The number of hydrogen-bond donors (Lipinski definition) is 2. The zero-order valence-corrected chi connectivity index (χ0v) is 16.3. The van der Waals surface area contributed by atoms with E-state index in [0.717, 1.165) is 58.0 Å². The van der Waals surface area contributed by atoms with E-state index in [-0.39, 0.29) is 5.91 Å². The summed E-state index contributed by atoms with van der Waals surface area (Å²) in [5.41, 5.74) is 0.355. The SMILES string of the molecule is CCNC(=NCC1(CCOC)CCC1)N1CCC(CC(=O)NC)CC1. The van der Waals surface area contributed by atoms with Gasteiger partial charge in [-0.15, -0.1) is 0 Å². The number of hydrogen-bond acceptors (Lipinski definition) is 3. The summed E-state index contributed by atoms with van der Waals surface area (Å²) in [5.74, 6) is 1.70. The number of aliphatic imine (C=N–C) groups is 1. The van der Waals surface area contributed by atoms with E-state index in [2.05, 4.69) is 22.5 Å². The molecule has 2 aliphatic rings. The van der Waals surface area contributed by atoms with E-state index in [0.29, 0.717) is 17.8 Å². The quantitative estimate of drug-likeness (QED) is 0.518. The first kappa shape index (κ1) is 20.0. The zero-order valence-electron chi connectivity index (χ0n) is 16.3. The highest BCUT2D eigenvalue weighted by Crippen LogP contribution is 2.44. The summed E-state index contributed by atoms with van der Waals surface area (Å²) in [7, 11) is 3.50. The number of ether oxygens (including phenoxy) is 1. The summed E-state index contributed by atoms with van der Waals surface area (Å²) >= 11 is 0. The maximum atomic E-state index is 11.6. The Balaban J connectivity index is 1.88. The molecule has 2 fully saturated rings. The van der Waals surface area contributed by atoms with Crippen molar-refractivity contribution in [3.05, 3.63) is 0 Å². The minimum Gasteiger partial charge on any atom is -0.385 e. The average molecular weight is 353 g/mol. The number of rotatable bonds is 8. The van der Waals surface area contributed by atoms with E-state index in [9.17, 15) is 4.79 Å². The van der Waals surface area contributed by atoms with Crippen molar-refractivity contribution >= 4 is 11.9 Å².